The zero-order valence-electron chi connectivity index (χ0n) is 13.1. The number of carbonyl (C=O) groups excluding carboxylic acids is 2. The molecule has 2 aromatic rings. The summed E-state index contributed by atoms with van der Waals surface area (Å²) in [5.41, 5.74) is 0.934. The topological polar surface area (TPSA) is 49.4 Å². The smallest absolute Gasteiger partial charge is 0.225 e. The van der Waals surface area contributed by atoms with Crippen LogP contribution in [0.5, 0.6) is 0 Å². The average Bonchev–Trinajstić information content (AvgIpc) is 2.92. The number of nitrogens with one attached hydrogen (secondary N) is 1. The van der Waals surface area contributed by atoms with Crippen molar-refractivity contribution in [3.8, 4) is 0 Å². The van der Waals surface area contributed by atoms with Crippen LogP contribution < -0.4 is 5.32 Å². The fourth-order valence-electron chi connectivity index (χ4n) is 2.27. The molecule has 122 valence electrons. The highest BCUT2D eigenvalue weighted by molar-refractivity contribution is 9.10. The molecule has 23 heavy (non-hydrogen) atoms. The van der Waals surface area contributed by atoms with Crippen LogP contribution in [0.1, 0.15) is 29.8 Å². The zero-order valence-corrected chi connectivity index (χ0v) is 15.5. The van der Waals surface area contributed by atoms with Crippen molar-refractivity contribution in [2.45, 2.75) is 25.9 Å². The molecule has 6 heteroatoms. The van der Waals surface area contributed by atoms with Gasteiger partial charge in [-0.3, -0.25) is 9.59 Å². The zero-order chi connectivity index (χ0) is 16.8. The van der Waals surface area contributed by atoms with Crippen molar-refractivity contribution in [1.29, 1.82) is 0 Å². The van der Waals surface area contributed by atoms with E-state index in [4.69, 9.17) is 0 Å². The van der Waals surface area contributed by atoms with E-state index in [1.54, 1.807) is 23.3 Å². The Morgan fingerprint density at radius 1 is 1.30 bits per heavy atom. The van der Waals surface area contributed by atoms with Crippen LogP contribution >= 0.6 is 27.3 Å². The number of hydrogen-bond donors (Lipinski definition) is 1. The molecule has 2 rings (SSSR count). The molecule has 1 aromatic carbocycles. The lowest BCUT2D eigenvalue weighted by atomic mass is 10.0. The molecule has 1 heterocycles. The lowest BCUT2D eigenvalue weighted by Crippen LogP contribution is -2.33. The SMILES string of the molecule is CC(=O)NC(CC(=O)N(C)Cc1cc(Br)cs1)c1ccccc1. The normalized spacial score (nSPS) is 11.8. The van der Waals surface area contributed by atoms with Gasteiger partial charge in [0.05, 0.1) is 19.0 Å². The third-order valence-electron chi connectivity index (χ3n) is 3.40. The molecule has 0 saturated heterocycles. The highest BCUT2D eigenvalue weighted by atomic mass is 79.9. The van der Waals surface area contributed by atoms with Crippen molar-refractivity contribution in [2.75, 3.05) is 7.05 Å². The summed E-state index contributed by atoms with van der Waals surface area (Å²) in [5.74, 6) is -0.145. The first kappa shape index (κ1) is 17.7. The second kappa shape index (κ2) is 8.26. The quantitative estimate of drug-likeness (QED) is 0.810. The maximum atomic E-state index is 12.5. The number of carbonyl (C=O) groups is 2. The second-order valence-electron chi connectivity index (χ2n) is 5.35. The van der Waals surface area contributed by atoms with E-state index in [1.807, 2.05) is 41.8 Å². The summed E-state index contributed by atoms with van der Waals surface area (Å²) in [6.07, 6.45) is 0.243. The number of benzene rings is 1. The van der Waals surface area contributed by atoms with Crippen LogP contribution in [0.4, 0.5) is 0 Å². The van der Waals surface area contributed by atoms with Gasteiger partial charge in [0.2, 0.25) is 11.8 Å². The first-order valence-corrected chi connectivity index (χ1v) is 8.92. The van der Waals surface area contributed by atoms with Gasteiger partial charge in [-0.1, -0.05) is 30.3 Å². The van der Waals surface area contributed by atoms with Crippen LogP contribution in [0.25, 0.3) is 0 Å². The molecule has 1 aromatic heterocycles. The predicted octanol–water partition coefficient (Wildman–Crippen LogP) is 3.74. The summed E-state index contributed by atoms with van der Waals surface area (Å²) in [4.78, 5) is 26.7. The molecule has 0 radical (unpaired) electrons. The van der Waals surface area contributed by atoms with Gasteiger partial charge < -0.3 is 10.2 Å². The molecular formula is C17H19BrN2O2S. The van der Waals surface area contributed by atoms with Gasteiger partial charge in [0.1, 0.15) is 0 Å². The summed E-state index contributed by atoms with van der Waals surface area (Å²) < 4.78 is 1.03. The Morgan fingerprint density at radius 2 is 2.00 bits per heavy atom. The van der Waals surface area contributed by atoms with Gasteiger partial charge in [-0.25, -0.2) is 0 Å². The number of thiophene rings is 1. The van der Waals surface area contributed by atoms with E-state index in [0.29, 0.717) is 6.54 Å². The van der Waals surface area contributed by atoms with E-state index >= 15 is 0 Å². The minimum atomic E-state index is -0.307. The maximum Gasteiger partial charge on any atom is 0.225 e. The first-order valence-electron chi connectivity index (χ1n) is 7.24. The summed E-state index contributed by atoms with van der Waals surface area (Å²) in [5, 5.41) is 4.86. The summed E-state index contributed by atoms with van der Waals surface area (Å²) in [6.45, 7) is 2.03. The molecule has 0 fully saturated rings. The van der Waals surface area contributed by atoms with Gasteiger partial charge in [0, 0.05) is 28.7 Å². The van der Waals surface area contributed by atoms with Gasteiger partial charge in [-0.15, -0.1) is 11.3 Å². The molecule has 1 unspecified atom stereocenters. The second-order valence-corrected chi connectivity index (χ2v) is 7.26. The van der Waals surface area contributed by atoms with Crippen LogP contribution in [0.3, 0.4) is 0 Å². The largest absolute Gasteiger partial charge is 0.349 e. The first-order chi connectivity index (χ1) is 11.0. The van der Waals surface area contributed by atoms with Gasteiger partial charge in [-0.2, -0.15) is 0 Å². The molecule has 4 nitrogen and oxygen atoms in total. The van der Waals surface area contributed by atoms with E-state index in [0.717, 1.165) is 14.9 Å². The van der Waals surface area contributed by atoms with Crippen molar-refractivity contribution >= 4 is 39.1 Å². The van der Waals surface area contributed by atoms with Crippen LogP contribution in [0.2, 0.25) is 0 Å². The van der Waals surface area contributed by atoms with E-state index in [2.05, 4.69) is 21.2 Å². The highest BCUT2D eigenvalue weighted by Gasteiger charge is 2.19. The van der Waals surface area contributed by atoms with Crippen LogP contribution in [0.15, 0.2) is 46.3 Å². The Balaban J connectivity index is 2.03. The Bertz CT molecular complexity index is 672. The number of hydrogen-bond acceptors (Lipinski definition) is 3. The highest BCUT2D eigenvalue weighted by Crippen LogP contribution is 2.22. The van der Waals surface area contributed by atoms with E-state index in [1.165, 1.54) is 6.92 Å². The third kappa shape index (κ3) is 5.48. The van der Waals surface area contributed by atoms with Crippen LogP contribution in [0, 0.1) is 0 Å². The van der Waals surface area contributed by atoms with E-state index in [-0.39, 0.29) is 24.3 Å². The summed E-state index contributed by atoms with van der Waals surface area (Å²) in [7, 11) is 1.78. The molecular weight excluding hydrogens is 376 g/mol. The Morgan fingerprint density at radius 3 is 2.57 bits per heavy atom. The van der Waals surface area contributed by atoms with Crippen molar-refractivity contribution in [2.24, 2.45) is 0 Å². The van der Waals surface area contributed by atoms with Gasteiger partial charge in [0.15, 0.2) is 0 Å². The van der Waals surface area contributed by atoms with Gasteiger partial charge in [-0.05, 0) is 27.6 Å². The molecule has 1 atom stereocenters. The predicted molar refractivity (Wildman–Crippen MR) is 96.1 cm³/mol. The summed E-state index contributed by atoms with van der Waals surface area (Å²) >= 11 is 5.03. The fraction of sp³-hybridized carbons (Fsp3) is 0.294. The fourth-order valence-corrected chi connectivity index (χ4v) is 3.78. The number of amides is 2. The standard InChI is InChI=1S/C17H19BrN2O2S/c1-12(21)19-16(13-6-4-3-5-7-13)9-17(22)20(2)10-15-8-14(18)11-23-15/h3-8,11,16H,9-10H2,1-2H3,(H,19,21). The number of halogens is 1. The molecule has 0 saturated carbocycles. The van der Waals surface area contributed by atoms with Crippen molar-refractivity contribution in [1.82, 2.24) is 10.2 Å². The Labute approximate surface area is 148 Å². The lowest BCUT2D eigenvalue weighted by molar-refractivity contribution is -0.131. The Hall–Kier alpha value is -1.66. The van der Waals surface area contributed by atoms with Crippen molar-refractivity contribution in [3.63, 3.8) is 0 Å². The monoisotopic (exact) mass is 394 g/mol. The maximum absolute atomic E-state index is 12.5. The third-order valence-corrected chi connectivity index (χ3v) is 5.08. The van der Waals surface area contributed by atoms with Gasteiger partial charge in [0.25, 0.3) is 0 Å². The molecule has 0 aliphatic rings. The lowest BCUT2D eigenvalue weighted by Gasteiger charge is -2.22. The number of nitrogens with zero attached hydrogens (tertiary/aromatic N) is 1. The minimum Gasteiger partial charge on any atom is -0.349 e. The molecule has 0 aliphatic carbocycles. The van der Waals surface area contributed by atoms with Crippen LogP contribution in [-0.2, 0) is 16.1 Å². The van der Waals surface area contributed by atoms with Crippen LogP contribution in [-0.4, -0.2) is 23.8 Å². The van der Waals surface area contributed by atoms with E-state index in [9.17, 15) is 9.59 Å². The molecule has 1 N–H and O–H groups in total. The molecule has 0 aliphatic heterocycles. The van der Waals surface area contributed by atoms with Crippen molar-refractivity contribution in [3.05, 3.63) is 56.7 Å². The van der Waals surface area contributed by atoms with Crippen molar-refractivity contribution < 1.29 is 9.59 Å². The molecule has 0 spiro atoms. The Kier molecular flexibility index (Phi) is 6.36. The molecule has 0 bridgehead atoms. The molecule has 2 amide bonds. The van der Waals surface area contributed by atoms with Gasteiger partial charge >= 0.3 is 0 Å². The summed E-state index contributed by atoms with van der Waals surface area (Å²) in [6, 6.07) is 11.3. The van der Waals surface area contributed by atoms with E-state index < -0.39 is 0 Å². The number of rotatable bonds is 6. The average molecular weight is 395 g/mol. The minimum absolute atomic E-state index is 0.00266.